The van der Waals surface area contributed by atoms with Crippen LogP contribution < -0.4 is 4.90 Å². The van der Waals surface area contributed by atoms with Crippen LogP contribution in [0.4, 0.5) is 5.95 Å². The molecule has 2 heterocycles. The molecule has 19 heavy (non-hydrogen) atoms. The molecule has 104 valence electrons. The van der Waals surface area contributed by atoms with Gasteiger partial charge in [0.15, 0.2) is 0 Å². The number of hydrogen-bond acceptors (Lipinski definition) is 4. The van der Waals surface area contributed by atoms with E-state index in [1.807, 2.05) is 6.92 Å². The first-order chi connectivity index (χ1) is 9.22. The number of aromatic nitrogens is 2. The van der Waals surface area contributed by atoms with E-state index in [1.54, 1.807) is 6.20 Å². The number of aliphatic hydroxyl groups excluding tert-OH is 1. The molecule has 1 saturated carbocycles. The Balaban J connectivity index is 1.69. The highest BCUT2D eigenvalue weighted by molar-refractivity contribution is 5.33. The molecule has 2 fully saturated rings. The molecule has 0 amide bonds. The van der Waals surface area contributed by atoms with Crippen molar-refractivity contribution in [2.75, 3.05) is 18.0 Å². The van der Waals surface area contributed by atoms with Crippen molar-refractivity contribution in [1.29, 1.82) is 0 Å². The van der Waals surface area contributed by atoms with Crippen molar-refractivity contribution >= 4 is 5.95 Å². The number of aryl methyl sites for hydroxylation is 1. The molecule has 0 atom stereocenters. The summed E-state index contributed by atoms with van der Waals surface area (Å²) in [5.41, 5.74) is 2.36. The van der Waals surface area contributed by atoms with Gasteiger partial charge >= 0.3 is 0 Å². The van der Waals surface area contributed by atoms with E-state index in [2.05, 4.69) is 14.9 Å². The molecule has 0 radical (unpaired) electrons. The van der Waals surface area contributed by atoms with Crippen LogP contribution in [0.3, 0.4) is 0 Å². The van der Waals surface area contributed by atoms with Gasteiger partial charge < -0.3 is 10.0 Å². The Bertz CT molecular complexity index is 445. The van der Waals surface area contributed by atoms with Crippen LogP contribution in [0.15, 0.2) is 6.20 Å². The monoisotopic (exact) mass is 261 g/mol. The van der Waals surface area contributed by atoms with Crippen molar-refractivity contribution in [2.45, 2.75) is 52.1 Å². The van der Waals surface area contributed by atoms with Gasteiger partial charge in [-0.05, 0) is 38.0 Å². The lowest BCUT2D eigenvalue weighted by atomic mass is 9.77. The Labute approximate surface area is 114 Å². The largest absolute Gasteiger partial charge is 0.392 e. The second-order valence-electron chi connectivity index (χ2n) is 6.13. The Hall–Kier alpha value is -1.16. The van der Waals surface area contributed by atoms with Gasteiger partial charge in [0.05, 0.1) is 6.61 Å². The minimum Gasteiger partial charge on any atom is -0.392 e. The van der Waals surface area contributed by atoms with E-state index in [0.717, 1.165) is 30.3 Å². The number of anilines is 1. The van der Waals surface area contributed by atoms with Gasteiger partial charge in [-0.3, -0.25) is 0 Å². The van der Waals surface area contributed by atoms with Crippen LogP contribution in [-0.4, -0.2) is 28.2 Å². The SMILES string of the molecule is Cc1nc(N2CCC3(CCCC3)CC2)ncc1CO. The maximum Gasteiger partial charge on any atom is 0.225 e. The lowest BCUT2D eigenvalue weighted by Gasteiger charge is -2.39. The normalized spacial score (nSPS) is 22.1. The number of nitrogens with zero attached hydrogens (tertiary/aromatic N) is 3. The second kappa shape index (κ2) is 5.08. The van der Waals surface area contributed by atoms with Crippen molar-refractivity contribution in [3.8, 4) is 0 Å². The summed E-state index contributed by atoms with van der Waals surface area (Å²) in [6, 6.07) is 0. The van der Waals surface area contributed by atoms with E-state index in [4.69, 9.17) is 5.11 Å². The van der Waals surface area contributed by atoms with Crippen LogP contribution >= 0.6 is 0 Å². The molecule has 1 aliphatic heterocycles. The first-order valence-corrected chi connectivity index (χ1v) is 7.41. The Morgan fingerprint density at radius 2 is 1.89 bits per heavy atom. The van der Waals surface area contributed by atoms with Crippen molar-refractivity contribution in [2.24, 2.45) is 5.41 Å². The molecule has 1 aliphatic carbocycles. The second-order valence-corrected chi connectivity index (χ2v) is 6.13. The number of piperidine rings is 1. The molecular weight excluding hydrogens is 238 g/mol. The minimum atomic E-state index is 0.0230. The summed E-state index contributed by atoms with van der Waals surface area (Å²) in [5.74, 6) is 0.836. The summed E-state index contributed by atoms with van der Waals surface area (Å²) in [6.45, 7) is 4.13. The highest BCUT2D eigenvalue weighted by atomic mass is 16.3. The van der Waals surface area contributed by atoms with Crippen LogP contribution in [-0.2, 0) is 6.61 Å². The van der Waals surface area contributed by atoms with Gasteiger partial charge in [0.2, 0.25) is 5.95 Å². The zero-order chi connectivity index (χ0) is 13.3. The van der Waals surface area contributed by atoms with Crippen LogP contribution in [0.5, 0.6) is 0 Å². The summed E-state index contributed by atoms with van der Waals surface area (Å²) in [7, 11) is 0. The average Bonchev–Trinajstić information content (AvgIpc) is 2.88. The Morgan fingerprint density at radius 3 is 2.47 bits per heavy atom. The highest BCUT2D eigenvalue weighted by Crippen LogP contribution is 2.46. The van der Waals surface area contributed by atoms with Crippen LogP contribution in [0.25, 0.3) is 0 Å². The van der Waals surface area contributed by atoms with Crippen molar-refractivity contribution in [3.05, 3.63) is 17.5 Å². The van der Waals surface area contributed by atoms with E-state index >= 15 is 0 Å². The fraction of sp³-hybridized carbons (Fsp3) is 0.733. The molecule has 1 aromatic heterocycles. The van der Waals surface area contributed by atoms with Gasteiger partial charge in [-0.15, -0.1) is 0 Å². The quantitative estimate of drug-likeness (QED) is 0.888. The predicted octanol–water partition coefficient (Wildman–Crippen LogP) is 2.44. The Kier molecular flexibility index (Phi) is 3.44. The standard InChI is InChI=1S/C15H23N3O/c1-12-13(11-19)10-16-14(17-12)18-8-6-15(7-9-18)4-2-3-5-15/h10,19H,2-9,11H2,1H3. The molecule has 2 aliphatic rings. The van der Waals surface area contributed by atoms with Gasteiger partial charge in [-0.1, -0.05) is 12.8 Å². The maximum atomic E-state index is 9.17. The smallest absolute Gasteiger partial charge is 0.225 e. The lowest BCUT2D eigenvalue weighted by Crippen LogP contribution is -2.39. The fourth-order valence-electron chi connectivity index (χ4n) is 3.59. The van der Waals surface area contributed by atoms with Crippen molar-refractivity contribution in [1.82, 2.24) is 9.97 Å². The summed E-state index contributed by atoms with van der Waals surface area (Å²) >= 11 is 0. The lowest BCUT2D eigenvalue weighted by molar-refractivity contribution is 0.225. The van der Waals surface area contributed by atoms with Gasteiger partial charge in [-0.25, -0.2) is 9.97 Å². The number of hydrogen-bond donors (Lipinski definition) is 1. The maximum absolute atomic E-state index is 9.17. The predicted molar refractivity (Wildman–Crippen MR) is 75.0 cm³/mol. The van der Waals surface area contributed by atoms with Gasteiger partial charge in [0.25, 0.3) is 0 Å². The third kappa shape index (κ3) is 2.46. The number of rotatable bonds is 2. The highest BCUT2D eigenvalue weighted by Gasteiger charge is 2.37. The van der Waals surface area contributed by atoms with Crippen molar-refractivity contribution < 1.29 is 5.11 Å². The summed E-state index contributed by atoms with van der Waals surface area (Å²) in [6.07, 6.45) is 10.0. The third-order valence-corrected chi connectivity index (χ3v) is 5.01. The van der Waals surface area contributed by atoms with E-state index in [1.165, 1.54) is 38.5 Å². The van der Waals surface area contributed by atoms with E-state index in [0.29, 0.717) is 5.41 Å². The molecule has 3 rings (SSSR count). The molecule has 1 saturated heterocycles. The van der Waals surface area contributed by atoms with E-state index < -0.39 is 0 Å². The average molecular weight is 261 g/mol. The zero-order valence-electron chi connectivity index (χ0n) is 11.7. The molecule has 0 aromatic carbocycles. The van der Waals surface area contributed by atoms with Gasteiger partial charge in [0.1, 0.15) is 0 Å². The van der Waals surface area contributed by atoms with Gasteiger partial charge in [-0.2, -0.15) is 0 Å². The third-order valence-electron chi connectivity index (χ3n) is 5.01. The molecular formula is C15H23N3O. The molecule has 4 heteroatoms. The molecule has 1 aromatic rings. The van der Waals surface area contributed by atoms with Gasteiger partial charge in [0, 0.05) is 30.5 Å². The minimum absolute atomic E-state index is 0.0230. The van der Waals surface area contributed by atoms with E-state index in [-0.39, 0.29) is 6.61 Å². The fourth-order valence-corrected chi connectivity index (χ4v) is 3.59. The zero-order valence-corrected chi connectivity index (χ0v) is 11.7. The van der Waals surface area contributed by atoms with E-state index in [9.17, 15) is 0 Å². The Morgan fingerprint density at radius 1 is 1.21 bits per heavy atom. The molecule has 0 unspecified atom stereocenters. The molecule has 0 bridgehead atoms. The summed E-state index contributed by atoms with van der Waals surface area (Å²) in [5, 5.41) is 9.17. The molecule has 1 spiro atoms. The first-order valence-electron chi connectivity index (χ1n) is 7.41. The van der Waals surface area contributed by atoms with Crippen LogP contribution in [0, 0.1) is 12.3 Å². The molecule has 1 N–H and O–H groups in total. The summed E-state index contributed by atoms with van der Waals surface area (Å²) < 4.78 is 0. The summed E-state index contributed by atoms with van der Waals surface area (Å²) in [4.78, 5) is 11.2. The number of aliphatic hydroxyl groups is 1. The first kappa shape index (κ1) is 12.9. The van der Waals surface area contributed by atoms with Crippen LogP contribution in [0.2, 0.25) is 0 Å². The molecule has 4 nitrogen and oxygen atoms in total. The van der Waals surface area contributed by atoms with Crippen LogP contribution in [0.1, 0.15) is 49.8 Å². The van der Waals surface area contributed by atoms with Crippen molar-refractivity contribution in [3.63, 3.8) is 0 Å². The topological polar surface area (TPSA) is 49.2 Å².